The predicted molar refractivity (Wildman–Crippen MR) is 75.5 cm³/mol. The van der Waals surface area contributed by atoms with Crippen molar-refractivity contribution >= 4 is 23.1 Å². The van der Waals surface area contributed by atoms with E-state index in [1.165, 1.54) is 35.6 Å². The average molecular weight is 255 g/mol. The van der Waals surface area contributed by atoms with E-state index in [1.807, 2.05) is 11.3 Å². The van der Waals surface area contributed by atoms with Crippen molar-refractivity contribution in [2.45, 2.75) is 32.2 Å². The molecule has 2 atom stereocenters. The minimum Gasteiger partial charge on any atom is -0.314 e. The molecule has 1 aromatic heterocycles. The molecule has 2 unspecified atom stereocenters. The van der Waals surface area contributed by atoms with E-state index in [1.54, 1.807) is 0 Å². The van der Waals surface area contributed by atoms with Gasteiger partial charge >= 0.3 is 0 Å². The summed E-state index contributed by atoms with van der Waals surface area (Å²) >= 11 is 4.01. The van der Waals surface area contributed by atoms with Gasteiger partial charge in [0, 0.05) is 10.9 Å². The lowest BCUT2D eigenvalue weighted by Crippen LogP contribution is -2.36. The fraction of sp³-hybridized carbons (Fsp3) is 0.692. The maximum absolute atomic E-state index is 3.68. The molecule has 2 heterocycles. The fourth-order valence-electron chi connectivity index (χ4n) is 2.39. The lowest BCUT2D eigenvalue weighted by molar-refractivity contribution is 0.369. The standard InChI is InChI=1S/C13H21NS2/c1-2-14-13(11-7-9-15-10-11)6-5-12-4-3-8-16-12/h3-4,8,11,13-14H,2,5-7,9-10H2,1H3. The zero-order chi connectivity index (χ0) is 11.2. The second-order valence-electron chi connectivity index (χ2n) is 4.41. The van der Waals surface area contributed by atoms with Gasteiger partial charge in [-0.1, -0.05) is 13.0 Å². The molecule has 0 saturated carbocycles. The molecular weight excluding hydrogens is 234 g/mol. The Hall–Kier alpha value is 0.01000. The van der Waals surface area contributed by atoms with Crippen LogP contribution in [-0.2, 0) is 6.42 Å². The summed E-state index contributed by atoms with van der Waals surface area (Å²) in [6.45, 7) is 3.33. The second kappa shape index (κ2) is 6.67. The molecule has 0 bridgehead atoms. The maximum Gasteiger partial charge on any atom is 0.0107 e. The Balaban J connectivity index is 1.82. The van der Waals surface area contributed by atoms with E-state index in [-0.39, 0.29) is 0 Å². The summed E-state index contributed by atoms with van der Waals surface area (Å²) in [5.41, 5.74) is 0. The summed E-state index contributed by atoms with van der Waals surface area (Å²) in [7, 11) is 0. The monoisotopic (exact) mass is 255 g/mol. The molecule has 0 spiro atoms. The van der Waals surface area contributed by atoms with Gasteiger partial charge in [-0.15, -0.1) is 11.3 Å². The number of nitrogens with one attached hydrogen (secondary N) is 1. The van der Waals surface area contributed by atoms with E-state index >= 15 is 0 Å². The zero-order valence-electron chi connectivity index (χ0n) is 9.95. The van der Waals surface area contributed by atoms with E-state index in [0.717, 1.165) is 18.5 Å². The van der Waals surface area contributed by atoms with Crippen LogP contribution in [0.3, 0.4) is 0 Å². The normalized spacial score (nSPS) is 22.4. The van der Waals surface area contributed by atoms with Crippen molar-refractivity contribution in [3.8, 4) is 0 Å². The molecule has 1 nitrogen and oxygen atoms in total. The topological polar surface area (TPSA) is 12.0 Å². The molecule has 1 aliphatic heterocycles. The van der Waals surface area contributed by atoms with E-state index in [2.05, 4.69) is 41.5 Å². The third kappa shape index (κ3) is 3.51. The summed E-state index contributed by atoms with van der Waals surface area (Å²) in [5.74, 6) is 3.64. The largest absolute Gasteiger partial charge is 0.314 e. The Kier molecular flexibility index (Phi) is 5.20. The van der Waals surface area contributed by atoms with Crippen LogP contribution in [0.2, 0.25) is 0 Å². The first kappa shape index (κ1) is 12.5. The van der Waals surface area contributed by atoms with Gasteiger partial charge in [-0.05, 0) is 54.7 Å². The summed E-state index contributed by atoms with van der Waals surface area (Å²) < 4.78 is 0. The number of rotatable bonds is 6. The van der Waals surface area contributed by atoms with Gasteiger partial charge in [0.25, 0.3) is 0 Å². The first-order valence-electron chi connectivity index (χ1n) is 6.23. The highest BCUT2D eigenvalue weighted by Gasteiger charge is 2.24. The van der Waals surface area contributed by atoms with Crippen LogP contribution < -0.4 is 5.32 Å². The second-order valence-corrected chi connectivity index (χ2v) is 6.59. The SMILES string of the molecule is CCNC(CCc1cccs1)C1CCSC1. The molecule has 90 valence electrons. The van der Waals surface area contributed by atoms with E-state index in [4.69, 9.17) is 0 Å². The number of thiophene rings is 1. The van der Waals surface area contributed by atoms with E-state index in [0.29, 0.717) is 0 Å². The van der Waals surface area contributed by atoms with Crippen LogP contribution in [0.1, 0.15) is 24.6 Å². The van der Waals surface area contributed by atoms with Crippen LogP contribution in [0, 0.1) is 5.92 Å². The third-order valence-electron chi connectivity index (χ3n) is 3.28. The Labute approximate surface area is 107 Å². The summed E-state index contributed by atoms with van der Waals surface area (Å²) in [5, 5.41) is 5.86. The van der Waals surface area contributed by atoms with Crippen molar-refractivity contribution in [3.63, 3.8) is 0 Å². The fourth-order valence-corrected chi connectivity index (χ4v) is 4.45. The predicted octanol–water partition coefficient (Wildman–Crippen LogP) is 3.41. The van der Waals surface area contributed by atoms with Crippen molar-refractivity contribution < 1.29 is 0 Å². The third-order valence-corrected chi connectivity index (χ3v) is 5.41. The molecule has 0 radical (unpaired) electrons. The molecule has 1 fully saturated rings. The van der Waals surface area contributed by atoms with Gasteiger partial charge in [0.2, 0.25) is 0 Å². The van der Waals surface area contributed by atoms with E-state index in [9.17, 15) is 0 Å². The molecule has 3 heteroatoms. The van der Waals surface area contributed by atoms with Crippen molar-refractivity contribution in [1.82, 2.24) is 5.32 Å². The van der Waals surface area contributed by atoms with Crippen molar-refractivity contribution in [3.05, 3.63) is 22.4 Å². The molecule has 0 aliphatic carbocycles. The smallest absolute Gasteiger partial charge is 0.0107 e. The summed E-state index contributed by atoms with van der Waals surface area (Å²) in [6, 6.07) is 5.16. The van der Waals surface area contributed by atoms with E-state index < -0.39 is 0 Å². The van der Waals surface area contributed by atoms with Crippen LogP contribution in [-0.4, -0.2) is 24.1 Å². The Morgan fingerprint density at radius 2 is 2.50 bits per heavy atom. The first-order chi connectivity index (χ1) is 7.90. The number of aryl methyl sites for hydroxylation is 1. The highest BCUT2D eigenvalue weighted by atomic mass is 32.2. The van der Waals surface area contributed by atoms with Crippen molar-refractivity contribution in [2.24, 2.45) is 5.92 Å². The molecule has 2 rings (SSSR count). The zero-order valence-corrected chi connectivity index (χ0v) is 11.6. The number of hydrogen-bond donors (Lipinski definition) is 1. The lowest BCUT2D eigenvalue weighted by Gasteiger charge is -2.23. The molecule has 0 amide bonds. The van der Waals surface area contributed by atoms with Crippen LogP contribution >= 0.6 is 23.1 Å². The molecule has 0 aromatic carbocycles. The van der Waals surface area contributed by atoms with Gasteiger partial charge < -0.3 is 5.32 Å². The highest BCUT2D eigenvalue weighted by molar-refractivity contribution is 7.99. The Morgan fingerprint density at radius 3 is 3.12 bits per heavy atom. The van der Waals surface area contributed by atoms with Crippen LogP contribution in [0.4, 0.5) is 0 Å². The first-order valence-corrected chi connectivity index (χ1v) is 8.27. The Bertz CT molecular complexity index is 278. The molecule has 1 aromatic rings. The summed E-state index contributed by atoms with van der Waals surface area (Å²) in [4.78, 5) is 1.54. The lowest BCUT2D eigenvalue weighted by atomic mass is 9.94. The average Bonchev–Trinajstić information content (AvgIpc) is 2.96. The number of hydrogen-bond acceptors (Lipinski definition) is 3. The summed E-state index contributed by atoms with van der Waals surface area (Å²) in [6.07, 6.45) is 3.96. The highest BCUT2D eigenvalue weighted by Crippen LogP contribution is 2.28. The molecule has 1 N–H and O–H groups in total. The maximum atomic E-state index is 3.68. The van der Waals surface area contributed by atoms with Crippen molar-refractivity contribution in [2.75, 3.05) is 18.1 Å². The van der Waals surface area contributed by atoms with Crippen LogP contribution in [0.5, 0.6) is 0 Å². The van der Waals surface area contributed by atoms with Gasteiger partial charge in [-0.2, -0.15) is 11.8 Å². The molecule has 1 saturated heterocycles. The van der Waals surface area contributed by atoms with Gasteiger partial charge in [-0.3, -0.25) is 0 Å². The van der Waals surface area contributed by atoms with Gasteiger partial charge in [-0.25, -0.2) is 0 Å². The minimum absolute atomic E-state index is 0.738. The molecule has 1 aliphatic rings. The van der Waals surface area contributed by atoms with Gasteiger partial charge in [0.1, 0.15) is 0 Å². The molecular formula is C13H21NS2. The quantitative estimate of drug-likeness (QED) is 0.836. The molecule has 16 heavy (non-hydrogen) atoms. The number of thioether (sulfide) groups is 1. The van der Waals surface area contributed by atoms with Gasteiger partial charge in [0.05, 0.1) is 0 Å². The van der Waals surface area contributed by atoms with Crippen LogP contribution in [0.25, 0.3) is 0 Å². The minimum atomic E-state index is 0.738. The Morgan fingerprint density at radius 1 is 1.56 bits per heavy atom. The van der Waals surface area contributed by atoms with Gasteiger partial charge in [0.15, 0.2) is 0 Å². The van der Waals surface area contributed by atoms with Crippen molar-refractivity contribution in [1.29, 1.82) is 0 Å². The van der Waals surface area contributed by atoms with Crippen LogP contribution in [0.15, 0.2) is 17.5 Å².